The van der Waals surface area contributed by atoms with Gasteiger partial charge in [-0.2, -0.15) is 5.10 Å². The molecule has 0 radical (unpaired) electrons. The molecular weight excluding hydrogens is 454 g/mol. The summed E-state index contributed by atoms with van der Waals surface area (Å²) in [6.45, 7) is 0.0694. The Balaban J connectivity index is 1.56. The summed E-state index contributed by atoms with van der Waals surface area (Å²) in [5.41, 5.74) is 6.90. The van der Waals surface area contributed by atoms with Crippen molar-refractivity contribution in [2.45, 2.75) is 12.1 Å². The van der Waals surface area contributed by atoms with Crippen LogP contribution in [0.3, 0.4) is 0 Å². The van der Waals surface area contributed by atoms with Gasteiger partial charge in [-0.05, 0) is 57.3 Å². The molecule has 8 nitrogen and oxygen atoms in total. The molecule has 4 aromatic carbocycles. The van der Waals surface area contributed by atoms with Crippen LogP contribution in [0.1, 0.15) is 32.6 Å². The number of primary amides is 1. The highest BCUT2D eigenvalue weighted by Crippen LogP contribution is 2.37. The van der Waals surface area contributed by atoms with E-state index < -0.39 is 23.4 Å². The molecular formula is C28H23N5O3. The maximum absolute atomic E-state index is 14.0. The van der Waals surface area contributed by atoms with E-state index in [1.165, 1.54) is 4.90 Å². The molecule has 0 aromatic heterocycles. The second kappa shape index (κ2) is 8.99. The molecule has 4 aromatic rings. The predicted octanol–water partition coefficient (Wildman–Crippen LogP) is 3.23. The third kappa shape index (κ3) is 3.84. The van der Waals surface area contributed by atoms with Gasteiger partial charge in [0.15, 0.2) is 5.54 Å². The van der Waals surface area contributed by atoms with Crippen molar-refractivity contribution in [2.75, 3.05) is 0 Å². The molecule has 1 saturated heterocycles. The monoisotopic (exact) mass is 477 g/mol. The topological polar surface area (TPSA) is 131 Å². The molecule has 5 rings (SSSR count). The Bertz CT molecular complexity index is 1530. The van der Waals surface area contributed by atoms with E-state index in [-0.39, 0.29) is 12.1 Å². The minimum absolute atomic E-state index is 0.0694. The molecule has 1 aliphatic heterocycles. The van der Waals surface area contributed by atoms with E-state index in [1.54, 1.807) is 54.7 Å². The van der Waals surface area contributed by atoms with Gasteiger partial charge in [0.25, 0.3) is 5.91 Å². The van der Waals surface area contributed by atoms with Crippen molar-refractivity contribution in [1.82, 2.24) is 10.2 Å². The molecule has 1 heterocycles. The number of carbonyl (C=O) groups is 3. The van der Waals surface area contributed by atoms with E-state index in [9.17, 15) is 14.4 Å². The number of hydrogen-bond donors (Lipinski definition) is 3. The first-order chi connectivity index (χ1) is 17.4. The van der Waals surface area contributed by atoms with Gasteiger partial charge >= 0.3 is 6.03 Å². The number of nitrogens with zero attached hydrogens (tertiary/aromatic N) is 2. The Morgan fingerprint density at radius 2 is 1.64 bits per heavy atom. The minimum atomic E-state index is -1.49. The number of imide groups is 1. The van der Waals surface area contributed by atoms with Crippen molar-refractivity contribution in [3.8, 4) is 0 Å². The number of fused-ring (bicyclic) bond motifs is 1. The van der Waals surface area contributed by atoms with Crippen LogP contribution in [0.5, 0.6) is 0 Å². The highest BCUT2D eigenvalue weighted by atomic mass is 16.2. The number of amides is 4. The van der Waals surface area contributed by atoms with Crippen LogP contribution in [0, 0.1) is 0 Å². The lowest BCUT2D eigenvalue weighted by molar-refractivity contribution is -0.130. The fourth-order valence-electron chi connectivity index (χ4n) is 4.63. The number of hydrazone groups is 1. The molecule has 5 N–H and O–H groups in total. The predicted molar refractivity (Wildman–Crippen MR) is 137 cm³/mol. The van der Waals surface area contributed by atoms with Gasteiger partial charge in [0.05, 0.1) is 12.8 Å². The zero-order valence-electron chi connectivity index (χ0n) is 19.2. The lowest BCUT2D eigenvalue weighted by Crippen LogP contribution is -2.45. The second-order valence-electron chi connectivity index (χ2n) is 8.60. The van der Waals surface area contributed by atoms with Crippen LogP contribution in [0.4, 0.5) is 4.79 Å². The van der Waals surface area contributed by atoms with Gasteiger partial charge in [-0.25, -0.2) is 4.79 Å². The van der Waals surface area contributed by atoms with Crippen molar-refractivity contribution in [1.29, 1.82) is 0 Å². The molecule has 178 valence electrons. The lowest BCUT2D eigenvalue weighted by Gasteiger charge is -2.28. The molecule has 36 heavy (non-hydrogen) atoms. The molecule has 0 saturated carbocycles. The van der Waals surface area contributed by atoms with Gasteiger partial charge in [-0.1, -0.05) is 66.7 Å². The normalized spacial score (nSPS) is 17.6. The molecule has 0 aliphatic carbocycles. The van der Waals surface area contributed by atoms with Crippen molar-refractivity contribution >= 4 is 34.8 Å². The smallest absolute Gasteiger partial charge is 0.325 e. The van der Waals surface area contributed by atoms with Crippen LogP contribution in [0.15, 0.2) is 96.1 Å². The number of urea groups is 1. The highest BCUT2D eigenvalue weighted by Gasteiger charge is 2.53. The maximum Gasteiger partial charge on any atom is 0.325 e. The average molecular weight is 478 g/mol. The fourth-order valence-corrected chi connectivity index (χ4v) is 4.63. The number of nitrogens with two attached hydrogens (primary N) is 2. The van der Waals surface area contributed by atoms with E-state index in [4.69, 9.17) is 11.6 Å². The Hall–Kier alpha value is -4.98. The van der Waals surface area contributed by atoms with Crippen LogP contribution >= 0.6 is 0 Å². The summed E-state index contributed by atoms with van der Waals surface area (Å²) in [4.78, 5) is 40.3. The van der Waals surface area contributed by atoms with Gasteiger partial charge in [-0.15, -0.1) is 0 Å². The van der Waals surface area contributed by atoms with Gasteiger partial charge in [0.1, 0.15) is 0 Å². The first-order valence-electron chi connectivity index (χ1n) is 11.3. The molecule has 8 heteroatoms. The Morgan fingerprint density at radius 1 is 0.889 bits per heavy atom. The highest BCUT2D eigenvalue weighted by molar-refractivity contribution is 6.10. The fraction of sp³-hybridized carbons (Fsp3) is 0.0714. The number of benzene rings is 4. The van der Waals surface area contributed by atoms with Crippen molar-refractivity contribution < 1.29 is 14.4 Å². The van der Waals surface area contributed by atoms with Crippen molar-refractivity contribution in [3.63, 3.8) is 0 Å². The van der Waals surface area contributed by atoms with Gasteiger partial charge in [-0.3, -0.25) is 14.5 Å². The molecule has 1 aliphatic rings. The van der Waals surface area contributed by atoms with E-state index in [0.717, 1.165) is 21.9 Å². The second-order valence-corrected chi connectivity index (χ2v) is 8.60. The zero-order valence-corrected chi connectivity index (χ0v) is 19.2. The molecule has 0 bridgehead atoms. The lowest BCUT2D eigenvalue weighted by atomic mass is 9.82. The number of nitrogens with one attached hydrogen (secondary N) is 1. The van der Waals surface area contributed by atoms with Crippen LogP contribution in [-0.4, -0.2) is 29.0 Å². The molecule has 4 amide bonds. The maximum atomic E-state index is 14.0. The SMILES string of the molecule is NN=Cc1ccc2ccc(CN3C(=O)NC(c4ccccc4)(c4cccc(C(N)=O)c4)C3=O)cc2c1. The van der Waals surface area contributed by atoms with Crippen molar-refractivity contribution in [2.24, 2.45) is 16.7 Å². The van der Waals surface area contributed by atoms with E-state index >= 15 is 0 Å². The van der Waals surface area contributed by atoms with E-state index in [2.05, 4.69) is 10.4 Å². The van der Waals surface area contributed by atoms with Crippen LogP contribution < -0.4 is 16.9 Å². The summed E-state index contributed by atoms with van der Waals surface area (Å²) in [5.74, 6) is 4.21. The summed E-state index contributed by atoms with van der Waals surface area (Å²) < 4.78 is 0. The quantitative estimate of drug-likeness (QED) is 0.170. The summed E-state index contributed by atoms with van der Waals surface area (Å²) in [7, 11) is 0. The summed E-state index contributed by atoms with van der Waals surface area (Å²) in [6.07, 6.45) is 1.55. The first kappa shape index (κ1) is 22.8. The third-order valence-corrected chi connectivity index (χ3v) is 6.39. The minimum Gasteiger partial charge on any atom is -0.366 e. The largest absolute Gasteiger partial charge is 0.366 e. The number of carbonyl (C=O) groups excluding carboxylic acids is 3. The Labute approximate surface area is 207 Å². The summed E-state index contributed by atoms with van der Waals surface area (Å²) in [5, 5.41) is 8.41. The van der Waals surface area contributed by atoms with Crippen LogP contribution in [0.25, 0.3) is 10.8 Å². The van der Waals surface area contributed by atoms with Crippen LogP contribution in [-0.2, 0) is 16.9 Å². The summed E-state index contributed by atoms with van der Waals surface area (Å²) in [6, 6.07) is 26.5. The first-order valence-corrected chi connectivity index (χ1v) is 11.3. The van der Waals surface area contributed by atoms with Gasteiger partial charge in [0, 0.05) is 5.56 Å². The van der Waals surface area contributed by atoms with Gasteiger partial charge < -0.3 is 16.9 Å². The molecule has 1 atom stereocenters. The zero-order chi connectivity index (χ0) is 25.3. The van der Waals surface area contributed by atoms with E-state index in [0.29, 0.717) is 11.1 Å². The van der Waals surface area contributed by atoms with Crippen molar-refractivity contribution in [3.05, 3.63) is 119 Å². The number of hydrogen-bond acceptors (Lipinski definition) is 5. The average Bonchev–Trinajstić information content (AvgIpc) is 3.15. The van der Waals surface area contributed by atoms with Gasteiger partial charge in [0.2, 0.25) is 5.91 Å². The Morgan fingerprint density at radius 3 is 2.39 bits per heavy atom. The van der Waals surface area contributed by atoms with Crippen LogP contribution in [0.2, 0.25) is 0 Å². The standard InChI is InChI=1S/C28H23N5O3/c29-25(34)21-5-4-8-24(15-21)28(23-6-2-1-3-7-23)26(35)33(27(36)32-28)17-19-10-12-20-11-9-18(16-31-30)13-22(20)14-19/h1-16H,17,30H2,(H2,29,34)(H,32,36). The number of rotatable bonds is 6. The third-order valence-electron chi connectivity index (χ3n) is 6.39. The Kier molecular flexibility index (Phi) is 5.69. The molecule has 1 unspecified atom stereocenters. The van der Waals surface area contributed by atoms with E-state index in [1.807, 2.05) is 42.5 Å². The summed E-state index contributed by atoms with van der Waals surface area (Å²) >= 11 is 0. The molecule has 1 fully saturated rings. The molecule has 0 spiro atoms.